The summed E-state index contributed by atoms with van der Waals surface area (Å²) in [7, 11) is 0. The van der Waals surface area contributed by atoms with Crippen molar-refractivity contribution >= 4 is 11.3 Å². The van der Waals surface area contributed by atoms with Crippen molar-refractivity contribution in [3.8, 4) is 0 Å². The van der Waals surface area contributed by atoms with Crippen LogP contribution in [0.15, 0.2) is 22.4 Å². The Morgan fingerprint density at radius 2 is 2.00 bits per heavy atom. The van der Waals surface area contributed by atoms with Crippen LogP contribution in [0.4, 0.5) is 0 Å². The summed E-state index contributed by atoms with van der Waals surface area (Å²) >= 11 is 1.68. The van der Waals surface area contributed by atoms with Gasteiger partial charge in [-0.1, -0.05) is 18.9 Å². The Morgan fingerprint density at radius 1 is 1.19 bits per heavy atom. The van der Waals surface area contributed by atoms with Gasteiger partial charge in [-0.15, -0.1) is 0 Å². The molecule has 1 aromatic rings. The van der Waals surface area contributed by atoms with Gasteiger partial charge in [-0.05, 0) is 60.1 Å². The summed E-state index contributed by atoms with van der Waals surface area (Å²) in [6.07, 6.45) is 9.27. The SMILES string of the molecule is Cc1cscc1C(O)/C1=C/CCCCCC1. The molecule has 1 nitrogen and oxygen atoms in total. The molecule has 1 unspecified atom stereocenters. The molecule has 88 valence electrons. The Bertz CT molecular complexity index is 365. The third-order valence-electron chi connectivity index (χ3n) is 3.37. The van der Waals surface area contributed by atoms with Crippen molar-refractivity contribution in [1.29, 1.82) is 0 Å². The highest BCUT2D eigenvalue weighted by atomic mass is 32.1. The van der Waals surface area contributed by atoms with Gasteiger partial charge in [0.25, 0.3) is 0 Å². The number of thiophene rings is 1. The van der Waals surface area contributed by atoms with E-state index in [1.807, 2.05) is 0 Å². The summed E-state index contributed by atoms with van der Waals surface area (Å²) in [5, 5.41) is 14.6. The second-order valence-corrected chi connectivity index (χ2v) is 5.39. The zero-order chi connectivity index (χ0) is 11.4. The molecule has 1 aromatic heterocycles. The number of aliphatic hydroxyl groups excluding tert-OH is 1. The molecule has 0 aromatic carbocycles. The minimum Gasteiger partial charge on any atom is -0.384 e. The second kappa shape index (κ2) is 5.65. The summed E-state index contributed by atoms with van der Waals surface area (Å²) in [6.45, 7) is 2.08. The highest BCUT2D eigenvalue weighted by Gasteiger charge is 2.16. The number of aryl methyl sites for hydroxylation is 1. The summed E-state index contributed by atoms with van der Waals surface area (Å²) in [5.74, 6) is 0. The maximum absolute atomic E-state index is 10.4. The standard InChI is InChI=1S/C14H20OS/c1-11-9-16-10-13(11)14(15)12-7-5-3-2-4-6-8-12/h7,9-10,14-15H,2-6,8H2,1H3/b12-7+. The number of hydrogen-bond acceptors (Lipinski definition) is 2. The Hall–Kier alpha value is -0.600. The normalized spacial score (nSPS) is 23.0. The van der Waals surface area contributed by atoms with Crippen LogP contribution < -0.4 is 0 Å². The van der Waals surface area contributed by atoms with E-state index in [1.54, 1.807) is 11.3 Å². The van der Waals surface area contributed by atoms with E-state index in [9.17, 15) is 5.11 Å². The van der Waals surface area contributed by atoms with E-state index in [1.165, 1.54) is 36.8 Å². The van der Waals surface area contributed by atoms with Crippen LogP contribution in [-0.4, -0.2) is 5.11 Å². The number of allylic oxidation sites excluding steroid dienone is 1. The van der Waals surface area contributed by atoms with E-state index < -0.39 is 0 Å². The lowest BCUT2D eigenvalue weighted by molar-refractivity contribution is 0.209. The van der Waals surface area contributed by atoms with E-state index in [4.69, 9.17) is 0 Å². The van der Waals surface area contributed by atoms with Crippen LogP contribution in [0.25, 0.3) is 0 Å². The lowest BCUT2D eigenvalue weighted by Gasteiger charge is -2.17. The van der Waals surface area contributed by atoms with Crippen molar-refractivity contribution in [2.45, 2.75) is 51.6 Å². The van der Waals surface area contributed by atoms with E-state index in [0.29, 0.717) is 0 Å². The summed E-state index contributed by atoms with van der Waals surface area (Å²) in [4.78, 5) is 0. The molecule has 0 bridgehead atoms. The monoisotopic (exact) mass is 236 g/mol. The lowest BCUT2D eigenvalue weighted by Crippen LogP contribution is -2.03. The molecule has 1 aliphatic carbocycles. The van der Waals surface area contributed by atoms with Crippen LogP contribution in [0.1, 0.15) is 55.8 Å². The number of hydrogen-bond donors (Lipinski definition) is 1. The van der Waals surface area contributed by atoms with Crippen LogP contribution >= 0.6 is 11.3 Å². The quantitative estimate of drug-likeness (QED) is 0.756. The zero-order valence-corrected chi connectivity index (χ0v) is 10.7. The third-order valence-corrected chi connectivity index (χ3v) is 4.25. The molecule has 0 saturated carbocycles. The first-order chi connectivity index (χ1) is 7.79. The first-order valence-corrected chi connectivity index (χ1v) is 7.13. The van der Waals surface area contributed by atoms with Crippen LogP contribution in [0.5, 0.6) is 0 Å². The van der Waals surface area contributed by atoms with Gasteiger partial charge in [0.15, 0.2) is 0 Å². The Morgan fingerprint density at radius 3 is 2.75 bits per heavy atom. The fraction of sp³-hybridized carbons (Fsp3) is 0.571. The van der Waals surface area contributed by atoms with Crippen LogP contribution in [0.3, 0.4) is 0 Å². The molecular formula is C14H20OS. The summed E-state index contributed by atoms with van der Waals surface area (Å²) in [5.41, 5.74) is 3.57. The van der Waals surface area contributed by atoms with Crippen molar-refractivity contribution < 1.29 is 5.11 Å². The maximum atomic E-state index is 10.4. The molecular weight excluding hydrogens is 216 g/mol. The second-order valence-electron chi connectivity index (χ2n) is 4.64. The topological polar surface area (TPSA) is 20.2 Å². The van der Waals surface area contributed by atoms with Gasteiger partial charge < -0.3 is 5.11 Å². The molecule has 1 N–H and O–H groups in total. The molecule has 0 radical (unpaired) electrons. The Kier molecular flexibility index (Phi) is 4.19. The van der Waals surface area contributed by atoms with E-state index >= 15 is 0 Å². The average molecular weight is 236 g/mol. The molecule has 0 spiro atoms. The van der Waals surface area contributed by atoms with E-state index in [-0.39, 0.29) is 6.10 Å². The van der Waals surface area contributed by atoms with E-state index in [0.717, 1.165) is 18.4 Å². The van der Waals surface area contributed by atoms with Gasteiger partial charge in [-0.25, -0.2) is 0 Å². The minimum atomic E-state index is -0.357. The van der Waals surface area contributed by atoms with Crippen LogP contribution in [-0.2, 0) is 0 Å². The van der Waals surface area contributed by atoms with Gasteiger partial charge >= 0.3 is 0 Å². The van der Waals surface area contributed by atoms with Crippen molar-refractivity contribution in [2.24, 2.45) is 0 Å². The zero-order valence-electron chi connectivity index (χ0n) is 9.91. The third kappa shape index (κ3) is 2.74. The molecule has 1 heterocycles. The predicted octanol–water partition coefficient (Wildman–Crippen LogP) is 4.37. The predicted molar refractivity (Wildman–Crippen MR) is 69.8 cm³/mol. The average Bonchev–Trinajstić information content (AvgIpc) is 2.63. The van der Waals surface area contributed by atoms with Crippen LogP contribution in [0.2, 0.25) is 0 Å². The summed E-state index contributed by atoms with van der Waals surface area (Å²) in [6, 6.07) is 0. The van der Waals surface area contributed by atoms with Crippen molar-refractivity contribution in [3.05, 3.63) is 33.5 Å². The molecule has 1 atom stereocenters. The molecule has 2 heteroatoms. The first-order valence-electron chi connectivity index (χ1n) is 6.18. The number of rotatable bonds is 2. The lowest BCUT2D eigenvalue weighted by atomic mass is 9.93. The van der Waals surface area contributed by atoms with Crippen molar-refractivity contribution in [3.63, 3.8) is 0 Å². The fourth-order valence-corrected chi connectivity index (χ4v) is 3.18. The molecule has 2 rings (SSSR count). The number of aliphatic hydroxyl groups is 1. The molecule has 0 fully saturated rings. The minimum absolute atomic E-state index is 0.357. The smallest absolute Gasteiger partial charge is 0.101 e. The molecule has 1 aliphatic rings. The largest absolute Gasteiger partial charge is 0.384 e. The first kappa shape index (κ1) is 11.9. The highest BCUT2D eigenvalue weighted by Crippen LogP contribution is 2.31. The van der Waals surface area contributed by atoms with Crippen molar-refractivity contribution in [2.75, 3.05) is 0 Å². The van der Waals surface area contributed by atoms with E-state index in [2.05, 4.69) is 23.8 Å². The van der Waals surface area contributed by atoms with Crippen LogP contribution in [0, 0.1) is 6.92 Å². The fourth-order valence-electron chi connectivity index (χ4n) is 2.32. The van der Waals surface area contributed by atoms with Gasteiger partial charge in [0.05, 0.1) is 0 Å². The summed E-state index contributed by atoms with van der Waals surface area (Å²) < 4.78 is 0. The van der Waals surface area contributed by atoms with Gasteiger partial charge in [0, 0.05) is 0 Å². The van der Waals surface area contributed by atoms with Crippen molar-refractivity contribution in [1.82, 2.24) is 0 Å². The molecule has 0 saturated heterocycles. The maximum Gasteiger partial charge on any atom is 0.101 e. The van der Waals surface area contributed by atoms with Gasteiger partial charge in [0.2, 0.25) is 0 Å². The highest BCUT2D eigenvalue weighted by molar-refractivity contribution is 7.08. The Labute approximate surface area is 102 Å². The molecule has 0 amide bonds. The molecule has 16 heavy (non-hydrogen) atoms. The Balaban J connectivity index is 2.13. The van der Waals surface area contributed by atoms with Gasteiger partial charge in [0.1, 0.15) is 6.10 Å². The van der Waals surface area contributed by atoms with Gasteiger partial charge in [-0.3, -0.25) is 0 Å². The molecule has 0 aliphatic heterocycles. The van der Waals surface area contributed by atoms with Gasteiger partial charge in [-0.2, -0.15) is 11.3 Å².